The summed E-state index contributed by atoms with van der Waals surface area (Å²) in [5.41, 5.74) is 5.21. The zero-order valence-corrected chi connectivity index (χ0v) is 12.9. The van der Waals surface area contributed by atoms with Crippen LogP contribution in [-0.2, 0) is 0 Å². The van der Waals surface area contributed by atoms with E-state index in [9.17, 15) is 4.79 Å². The van der Waals surface area contributed by atoms with Gasteiger partial charge in [-0.3, -0.25) is 4.79 Å². The maximum atomic E-state index is 11.1. The first-order valence-corrected chi connectivity index (χ1v) is 8.31. The SMILES string of the molecule is NC(=O)c1ncn(C2CCCN(c3nnc(C4CC4)s3)C2)n1. The van der Waals surface area contributed by atoms with Crippen molar-refractivity contribution in [2.24, 2.45) is 5.73 Å². The summed E-state index contributed by atoms with van der Waals surface area (Å²) in [6.07, 6.45) is 6.13. The fraction of sp³-hybridized carbons (Fsp3) is 0.615. The number of piperidine rings is 1. The second-order valence-corrected chi connectivity index (χ2v) is 6.84. The van der Waals surface area contributed by atoms with E-state index < -0.39 is 5.91 Å². The van der Waals surface area contributed by atoms with E-state index in [1.165, 1.54) is 12.8 Å². The highest BCUT2D eigenvalue weighted by molar-refractivity contribution is 7.15. The fourth-order valence-electron chi connectivity index (χ4n) is 2.76. The molecule has 3 heterocycles. The predicted molar refractivity (Wildman–Crippen MR) is 80.9 cm³/mol. The first-order chi connectivity index (χ1) is 10.7. The number of carbonyl (C=O) groups excluding carboxylic acids is 1. The molecule has 1 unspecified atom stereocenters. The van der Waals surface area contributed by atoms with Gasteiger partial charge in [-0.2, -0.15) is 0 Å². The molecule has 1 aliphatic heterocycles. The number of hydrogen-bond acceptors (Lipinski definition) is 7. The highest BCUT2D eigenvalue weighted by Gasteiger charge is 2.30. The van der Waals surface area contributed by atoms with Gasteiger partial charge in [-0.25, -0.2) is 9.67 Å². The van der Waals surface area contributed by atoms with E-state index >= 15 is 0 Å². The molecule has 0 spiro atoms. The molecule has 1 atom stereocenters. The second-order valence-electron chi connectivity index (χ2n) is 5.85. The molecule has 8 nitrogen and oxygen atoms in total. The molecule has 4 rings (SSSR count). The molecule has 2 aromatic rings. The molecule has 0 radical (unpaired) electrons. The Labute approximate surface area is 131 Å². The van der Waals surface area contributed by atoms with Crippen LogP contribution >= 0.6 is 11.3 Å². The number of primary amides is 1. The number of nitrogens with two attached hydrogens (primary N) is 1. The zero-order chi connectivity index (χ0) is 15.1. The summed E-state index contributed by atoms with van der Waals surface area (Å²) in [6, 6.07) is 0.183. The number of anilines is 1. The predicted octanol–water partition coefficient (Wildman–Crippen LogP) is 0.947. The lowest BCUT2D eigenvalue weighted by Gasteiger charge is -2.31. The molecule has 0 bridgehead atoms. The monoisotopic (exact) mass is 319 g/mol. The maximum absolute atomic E-state index is 11.1. The summed E-state index contributed by atoms with van der Waals surface area (Å²) in [4.78, 5) is 17.3. The lowest BCUT2D eigenvalue weighted by molar-refractivity contribution is 0.0990. The van der Waals surface area contributed by atoms with Crippen molar-refractivity contribution in [3.8, 4) is 0 Å². The van der Waals surface area contributed by atoms with Gasteiger partial charge in [0.2, 0.25) is 11.0 Å². The molecule has 2 aromatic heterocycles. The molecular formula is C13H17N7OS. The summed E-state index contributed by atoms with van der Waals surface area (Å²) in [7, 11) is 0. The van der Waals surface area contributed by atoms with Gasteiger partial charge >= 0.3 is 0 Å². The largest absolute Gasteiger partial charge is 0.363 e. The Morgan fingerprint density at radius 2 is 2.18 bits per heavy atom. The van der Waals surface area contributed by atoms with Crippen LogP contribution in [0.3, 0.4) is 0 Å². The minimum Gasteiger partial charge on any atom is -0.363 e. The second kappa shape index (κ2) is 5.31. The van der Waals surface area contributed by atoms with E-state index in [0.717, 1.165) is 36.1 Å². The Morgan fingerprint density at radius 3 is 2.91 bits per heavy atom. The van der Waals surface area contributed by atoms with Gasteiger partial charge in [0.1, 0.15) is 11.3 Å². The van der Waals surface area contributed by atoms with Crippen LogP contribution in [-0.4, -0.2) is 44.0 Å². The lowest BCUT2D eigenvalue weighted by Crippen LogP contribution is -2.36. The fourth-order valence-corrected chi connectivity index (χ4v) is 3.81. The van der Waals surface area contributed by atoms with E-state index in [1.807, 2.05) is 0 Å². The van der Waals surface area contributed by atoms with Gasteiger partial charge in [0.25, 0.3) is 5.91 Å². The van der Waals surface area contributed by atoms with Crippen LogP contribution in [0.1, 0.15) is 53.3 Å². The number of hydrogen-bond donors (Lipinski definition) is 1. The topological polar surface area (TPSA) is 103 Å². The van der Waals surface area contributed by atoms with E-state index in [0.29, 0.717) is 5.92 Å². The van der Waals surface area contributed by atoms with Gasteiger partial charge in [-0.05, 0) is 25.7 Å². The van der Waals surface area contributed by atoms with Crippen LogP contribution in [0.15, 0.2) is 6.33 Å². The van der Waals surface area contributed by atoms with Crippen LogP contribution in [0.2, 0.25) is 0 Å². The minimum atomic E-state index is -0.593. The third-order valence-corrected chi connectivity index (χ3v) is 5.27. The van der Waals surface area contributed by atoms with E-state index in [1.54, 1.807) is 22.3 Å². The number of amides is 1. The van der Waals surface area contributed by atoms with Gasteiger partial charge in [0.05, 0.1) is 6.04 Å². The molecule has 1 saturated carbocycles. The quantitative estimate of drug-likeness (QED) is 0.900. The van der Waals surface area contributed by atoms with Gasteiger partial charge in [0, 0.05) is 19.0 Å². The van der Waals surface area contributed by atoms with Crippen molar-refractivity contribution in [1.29, 1.82) is 0 Å². The molecule has 0 aromatic carbocycles. The Hall–Kier alpha value is -2.03. The van der Waals surface area contributed by atoms with Crippen LogP contribution < -0.4 is 10.6 Å². The standard InChI is InChI=1S/C13H17N7OS/c14-10(21)11-15-7-20(18-11)9-2-1-5-19(6-9)13-17-16-12(22-13)8-3-4-8/h7-9H,1-6H2,(H2,14,21). The molecule has 2 fully saturated rings. The van der Waals surface area contributed by atoms with Crippen LogP contribution in [0, 0.1) is 0 Å². The van der Waals surface area contributed by atoms with Gasteiger partial charge < -0.3 is 10.6 Å². The van der Waals surface area contributed by atoms with Crippen molar-refractivity contribution in [1.82, 2.24) is 25.0 Å². The van der Waals surface area contributed by atoms with E-state index in [2.05, 4.69) is 25.2 Å². The van der Waals surface area contributed by atoms with Gasteiger partial charge in [-0.15, -0.1) is 15.3 Å². The van der Waals surface area contributed by atoms with Crippen molar-refractivity contribution in [2.75, 3.05) is 18.0 Å². The zero-order valence-electron chi connectivity index (χ0n) is 12.1. The lowest BCUT2D eigenvalue weighted by atomic mass is 10.1. The van der Waals surface area contributed by atoms with Crippen molar-refractivity contribution in [2.45, 2.75) is 37.6 Å². The average Bonchev–Trinajstić information content (AvgIpc) is 3.06. The summed E-state index contributed by atoms with van der Waals surface area (Å²) in [6.45, 7) is 1.79. The Balaban J connectivity index is 1.49. The first-order valence-electron chi connectivity index (χ1n) is 7.50. The average molecular weight is 319 g/mol. The molecule has 1 amide bonds. The summed E-state index contributed by atoms with van der Waals surface area (Å²) >= 11 is 1.70. The van der Waals surface area contributed by atoms with Crippen molar-refractivity contribution < 1.29 is 4.79 Å². The Bertz CT molecular complexity index is 692. The van der Waals surface area contributed by atoms with Crippen molar-refractivity contribution in [3.63, 3.8) is 0 Å². The summed E-state index contributed by atoms with van der Waals surface area (Å²) < 4.78 is 1.75. The molecule has 116 valence electrons. The van der Waals surface area contributed by atoms with E-state index in [4.69, 9.17) is 5.73 Å². The summed E-state index contributed by atoms with van der Waals surface area (Å²) in [5, 5.41) is 15.0. The molecule has 2 N–H and O–H groups in total. The molecule has 9 heteroatoms. The summed E-state index contributed by atoms with van der Waals surface area (Å²) in [5.74, 6) is 0.119. The highest BCUT2D eigenvalue weighted by atomic mass is 32.1. The minimum absolute atomic E-state index is 0.0732. The third kappa shape index (κ3) is 2.56. The number of carbonyl (C=O) groups is 1. The molecular weight excluding hydrogens is 302 g/mol. The molecule has 22 heavy (non-hydrogen) atoms. The van der Waals surface area contributed by atoms with Gasteiger partial charge in [-0.1, -0.05) is 11.3 Å². The van der Waals surface area contributed by atoms with Crippen molar-refractivity contribution >= 4 is 22.4 Å². The van der Waals surface area contributed by atoms with Crippen LogP contribution in [0.25, 0.3) is 0 Å². The molecule has 2 aliphatic rings. The maximum Gasteiger partial charge on any atom is 0.288 e. The third-order valence-electron chi connectivity index (χ3n) is 4.13. The normalized spacial score (nSPS) is 22.0. The highest BCUT2D eigenvalue weighted by Crippen LogP contribution is 2.43. The van der Waals surface area contributed by atoms with Crippen LogP contribution in [0.5, 0.6) is 0 Å². The first kappa shape index (κ1) is 13.6. The Kier molecular flexibility index (Phi) is 3.29. The van der Waals surface area contributed by atoms with Gasteiger partial charge in [0.15, 0.2) is 0 Å². The van der Waals surface area contributed by atoms with E-state index in [-0.39, 0.29) is 11.9 Å². The Morgan fingerprint density at radius 1 is 1.32 bits per heavy atom. The van der Waals surface area contributed by atoms with Crippen molar-refractivity contribution in [3.05, 3.63) is 17.2 Å². The van der Waals surface area contributed by atoms with Crippen LogP contribution in [0.4, 0.5) is 5.13 Å². The number of aromatic nitrogens is 5. The smallest absolute Gasteiger partial charge is 0.288 e. The number of rotatable bonds is 4. The molecule has 1 saturated heterocycles. The number of nitrogens with zero attached hydrogens (tertiary/aromatic N) is 6. The molecule has 1 aliphatic carbocycles.